The number of nitrogens with zero attached hydrogens (tertiary/aromatic N) is 5. The topological polar surface area (TPSA) is 78.9 Å². The van der Waals surface area contributed by atoms with Crippen LogP contribution in [0.25, 0.3) is 0 Å². The van der Waals surface area contributed by atoms with Crippen LogP contribution in [-0.4, -0.2) is 68.6 Å². The second-order valence-corrected chi connectivity index (χ2v) is 10.4. The van der Waals surface area contributed by atoms with Crippen molar-refractivity contribution < 1.29 is 13.2 Å². The molecule has 2 fully saturated rings. The van der Waals surface area contributed by atoms with Gasteiger partial charge in [-0.2, -0.15) is 9.29 Å². The van der Waals surface area contributed by atoms with Gasteiger partial charge in [-0.3, -0.25) is 0 Å². The van der Waals surface area contributed by atoms with Crippen molar-refractivity contribution in [3.63, 3.8) is 0 Å². The van der Waals surface area contributed by atoms with Crippen molar-refractivity contribution >= 4 is 21.8 Å². The molecule has 3 heterocycles. The Bertz CT molecular complexity index is 999. The molecule has 9 heteroatoms. The van der Waals surface area contributed by atoms with Gasteiger partial charge < -0.3 is 14.5 Å². The number of unbranched alkanes of at least 4 members (excludes halogenated alkanes) is 1. The van der Waals surface area contributed by atoms with E-state index in [-0.39, 0.29) is 0 Å². The molecule has 0 unspecified atom stereocenters. The highest BCUT2D eigenvalue weighted by atomic mass is 32.2. The van der Waals surface area contributed by atoms with Gasteiger partial charge in [0.25, 0.3) is 0 Å². The van der Waals surface area contributed by atoms with Gasteiger partial charge in [0, 0.05) is 51.0 Å². The Hall–Kier alpha value is -2.39. The molecule has 2 aromatic rings. The number of hydrogen-bond acceptors (Lipinski definition) is 7. The molecule has 2 aliphatic rings. The van der Waals surface area contributed by atoms with Gasteiger partial charge in [0.05, 0.1) is 11.5 Å². The van der Waals surface area contributed by atoms with E-state index in [0.717, 1.165) is 37.4 Å². The molecule has 4 rings (SSSR count). The molecular formula is C23H33N5O3S. The Labute approximate surface area is 191 Å². The van der Waals surface area contributed by atoms with E-state index in [9.17, 15) is 8.42 Å². The van der Waals surface area contributed by atoms with Gasteiger partial charge in [0.1, 0.15) is 11.6 Å². The van der Waals surface area contributed by atoms with Crippen LogP contribution >= 0.6 is 0 Å². The number of piperazine rings is 1. The third-order valence-corrected chi connectivity index (χ3v) is 7.92. The van der Waals surface area contributed by atoms with E-state index in [1.54, 1.807) is 28.6 Å². The molecular weight excluding hydrogens is 426 g/mol. The summed E-state index contributed by atoms with van der Waals surface area (Å²) in [4.78, 5) is 14.1. The summed E-state index contributed by atoms with van der Waals surface area (Å²) in [5.41, 5.74) is 0.938. The first-order valence-corrected chi connectivity index (χ1v) is 13.0. The maximum absolute atomic E-state index is 13.1. The molecule has 0 spiro atoms. The van der Waals surface area contributed by atoms with Crippen molar-refractivity contribution in [1.82, 2.24) is 14.3 Å². The van der Waals surface area contributed by atoms with Crippen LogP contribution < -0.4 is 14.5 Å². The summed E-state index contributed by atoms with van der Waals surface area (Å²) in [5.74, 6) is 2.37. The summed E-state index contributed by atoms with van der Waals surface area (Å²) < 4.78 is 33.4. The minimum atomic E-state index is -3.54. The van der Waals surface area contributed by atoms with Gasteiger partial charge in [-0.15, -0.1) is 0 Å². The van der Waals surface area contributed by atoms with Gasteiger partial charge in [-0.25, -0.2) is 13.4 Å². The van der Waals surface area contributed by atoms with Crippen molar-refractivity contribution in [1.29, 1.82) is 0 Å². The Balaban J connectivity index is 1.40. The van der Waals surface area contributed by atoms with Crippen molar-refractivity contribution in [3.05, 3.63) is 36.0 Å². The lowest BCUT2D eigenvalue weighted by atomic mass is 10.3. The quantitative estimate of drug-likeness (QED) is 0.561. The molecule has 8 nitrogen and oxygen atoms in total. The second-order valence-electron chi connectivity index (χ2n) is 8.43. The fraction of sp³-hybridized carbons (Fsp3) is 0.565. The lowest BCUT2D eigenvalue weighted by Gasteiger charge is -2.34. The molecule has 0 atom stereocenters. The molecule has 0 saturated carbocycles. The van der Waals surface area contributed by atoms with Crippen molar-refractivity contribution in [2.24, 2.45) is 0 Å². The van der Waals surface area contributed by atoms with E-state index >= 15 is 0 Å². The van der Waals surface area contributed by atoms with E-state index in [0.29, 0.717) is 49.4 Å². The maximum atomic E-state index is 13.1. The number of anilines is 2. The summed E-state index contributed by atoms with van der Waals surface area (Å²) in [6, 6.07) is 8.77. The zero-order chi connectivity index (χ0) is 22.6. The number of aryl methyl sites for hydroxylation is 1. The zero-order valence-electron chi connectivity index (χ0n) is 19.0. The molecule has 1 aromatic heterocycles. The van der Waals surface area contributed by atoms with Crippen LogP contribution in [-0.2, 0) is 10.0 Å². The largest absolute Gasteiger partial charge is 0.494 e. The average Bonchev–Trinajstić information content (AvgIpc) is 3.34. The van der Waals surface area contributed by atoms with Crippen molar-refractivity contribution in [2.45, 2.75) is 44.4 Å². The van der Waals surface area contributed by atoms with E-state index in [4.69, 9.17) is 9.72 Å². The molecule has 32 heavy (non-hydrogen) atoms. The molecule has 0 radical (unpaired) electrons. The summed E-state index contributed by atoms with van der Waals surface area (Å²) >= 11 is 0. The first-order valence-electron chi connectivity index (χ1n) is 11.6. The molecule has 0 aliphatic carbocycles. The predicted molar refractivity (Wildman–Crippen MR) is 126 cm³/mol. The fourth-order valence-electron chi connectivity index (χ4n) is 4.11. The van der Waals surface area contributed by atoms with E-state index in [1.165, 1.54) is 12.8 Å². The molecule has 0 N–H and O–H groups in total. The Morgan fingerprint density at radius 1 is 0.938 bits per heavy atom. The van der Waals surface area contributed by atoms with Crippen LogP contribution in [0.15, 0.2) is 35.2 Å². The number of benzene rings is 1. The number of hydrogen-bond donors (Lipinski definition) is 0. The summed E-state index contributed by atoms with van der Waals surface area (Å²) in [6.45, 7) is 8.76. The predicted octanol–water partition coefficient (Wildman–Crippen LogP) is 3.08. The monoisotopic (exact) mass is 459 g/mol. The smallest absolute Gasteiger partial charge is 0.243 e. The van der Waals surface area contributed by atoms with E-state index < -0.39 is 10.0 Å². The highest BCUT2D eigenvalue weighted by Gasteiger charge is 2.30. The van der Waals surface area contributed by atoms with Crippen LogP contribution in [0, 0.1) is 6.92 Å². The van der Waals surface area contributed by atoms with Crippen molar-refractivity contribution in [3.8, 4) is 5.75 Å². The number of aromatic nitrogens is 2. The third kappa shape index (κ3) is 5.15. The first-order chi connectivity index (χ1) is 15.5. The van der Waals surface area contributed by atoms with Gasteiger partial charge in [-0.05, 0) is 50.5 Å². The molecule has 0 amide bonds. The van der Waals surface area contributed by atoms with Crippen LogP contribution in [0.4, 0.5) is 11.8 Å². The van der Waals surface area contributed by atoms with Crippen LogP contribution in [0.5, 0.6) is 5.75 Å². The van der Waals surface area contributed by atoms with E-state index in [1.807, 2.05) is 13.0 Å². The maximum Gasteiger partial charge on any atom is 0.243 e. The average molecular weight is 460 g/mol. The molecule has 0 bridgehead atoms. The Morgan fingerprint density at radius 3 is 2.28 bits per heavy atom. The number of sulfonamides is 1. The minimum absolute atomic E-state index is 0.303. The molecule has 2 saturated heterocycles. The van der Waals surface area contributed by atoms with Gasteiger partial charge in [-0.1, -0.05) is 13.3 Å². The SMILES string of the molecule is CCCCOc1ccc(S(=O)(=O)N2CCN(c3nc(C)cc(N4CCCC4)n3)CC2)cc1. The molecule has 174 valence electrons. The summed E-state index contributed by atoms with van der Waals surface area (Å²) in [7, 11) is -3.54. The Kier molecular flexibility index (Phi) is 7.15. The minimum Gasteiger partial charge on any atom is -0.494 e. The van der Waals surface area contributed by atoms with Crippen LogP contribution in [0.3, 0.4) is 0 Å². The number of rotatable bonds is 8. The first kappa shape index (κ1) is 22.8. The fourth-order valence-corrected chi connectivity index (χ4v) is 5.53. The van der Waals surface area contributed by atoms with Gasteiger partial charge in [0.2, 0.25) is 16.0 Å². The van der Waals surface area contributed by atoms with Gasteiger partial charge >= 0.3 is 0 Å². The highest BCUT2D eigenvalue weighted by Crippen LogP contribution is 2.24. The molecule has 2 aliphatic heterocycles. The van der Waals surface area contributed by atoms with Crippen molar-refractivity contribution in [2.75, 3.05) is 55.7 Å². The zero-order valence-corrected chi connectivity index (χ0v) is 19.9. The lowest BCUT2D eigenvalue weighted by molar-refractivity contribution is 0.309. The Morgan fingerprint density at radius 2 is 1.62 bits per heavy atom. The standard InChI is InChI=1S/C23H33N5O3S/c1-3-4-17-31-20-7-9-21(10-8-20)32(29,30)28-15-13-27(14-16-28)23-24-19(2)18-22(25-23)26-11-5-6-12-26/h7-10,18H,3-6,11-17H2,1-2H3. The summed E-state index contributed by atoms with van der Waals surface area (Å²) in [6.07, 6.45) is 4.43. The highest BCUT2D eigenvalue weighted by molar-refractivity contribution is 7.89. The van der Waals surface area contributed by atoms with Gasteiger partial charge in [0.15, 0.2) is 0 Å². The number of ether oxygens (including phenoxy) is 1. The van der Waals surface area contributed by atoms with Crippen LogP contribution in [0.1, 0.15) is 38.3 Å². The van der Waals surface area contributed by atoms with E-state index in [2.05, 4.69) is 21.7 Å². The van der Waals surface area contributed by atoms with Crippen LogP contribution in [0.2, 0.25) is 0 Å². The normalized spacial score (nSPS) is 17.7. The molecule has 1 aromatic carbocycles. The summed E-state index contributed by atoms with van der Waals surface area (Å²) in [5, 5.41) is 0. The lowest BCUT2D eigenvalue weighted by Crippen LogP contribution is -2.49. The second kappa shape index (κ2) is 10.0. The third-order valence-electron chi connectivity index (χ3n) is 6.01.